The van der Waals surface area contributed by atoms with Crippen molar-refractivity contribution in [2.45, 2.75) is 70.9 Å². The quantitative estimate of drug-likeness (QED) is 0.408. The molecule has 1 aliphatic heterocycles. The van der Waals surface area contributed by atoms with Gasteiger partial charge in [0.05, 0.1) is 37.1 Å². The van der Waals surface area contributed by atoms with Gasteiger partial charge in [-0.2, -0.15) is 0 Å². The van der Waals surface area contributed by atoms with Crippen molar-refractivity contribution in [3.63, 3.8) is 0 Å². The molecule has 2 rings (SSSR count). The van der Waals surface area contributed by atoms with E-state index in [1.165, 1.54) is 6.92 Å². The lowest BCUT2D eigenvalue weighted by Gasteiger charge is -2.30. The largest absolute Gasteiger partial charge is 0.491 e. The van der Waals surface area contributed by atoms with Crippen molar-refractivity contribution in [1.82, 2.24) is 0 Å². The van der Waals surface area contributed by atoms with Gasteiger partial charge in [0.1, 0.15) is 18.5 Å². The number of aliphatic hydroxyl groups excluding tert-OH is 1. The van der Waals surface area contributed by atoms with Crippen molar-refractivity contribution in [2.24, 2.45) is 0 Å². The number of hydrogen-bond donors (Lipinski definition) is 1. The van der Waals surface area contributed by atoms with Crippen LogP contribution in [0.2, 0.25) is 0 Å². The number of hydrogen-bond acceptors (Lipinski definition) is 6. The molecule has 6 heteroatoms. The molecule has 2 unspecified atom stereocenters. The maximum atomic E-state index is 11.4. The minimum absolute atomic E-state index is 0.0221. The lowest BCUT2D eigenvalue weighted by atomic mass is 10.0. The van der Waals surface area contributed by atoms with Crippen LogP contribution in [-0.4, -0.2) is 60.7 Å². The van der Waals surface area contributed by atoms with E-state index in [0.717, 1.165) is 19.4 Å². The molecule has 6 nitrogen and oxygen atoms in total. The van der Waals surface area contributed by atoms with Crippen LogP contribution in [0.15, 0.2) is 24.3 Å². The normalized spacial score (nSPS) is 18.0. The minimum Gasteiger partial charge on any atom is -0.491 e. The summed E-state index contributed by atoms with van der Waals surface area (Å²) in [4.78, 5) is 11.4. The van der Waals surface area contributed by atoms with Gasteiger partial charge in [0.25, 0.3) is 0 Å². The van der Waals surface area contributed by atoms with E-state index in [2.05, 4.69) is 13.8 Å². The Morgan fingerprint density at radius 3 is 2.57 bits per heavy atom. The molecule has 0 amide bonds. The summed E-state index contributed by atoms with van der Waals surface area (Å²) in [5, 5.41) is 10.2. The van der Waals surface area contributed by atoms with Gasteiger partial charge in [-0.25, -0.2) is 0 Å². The summed E-state index contributed by atoms with van der Waals surface area (Å²) >= 11 is 0. The van der Waals surface area contributed by atoms with Crippen LogP contribution in [0.4, 0.5) is 0 Å². The Labute approximate surface area is 168 Å². The molecule has 1 aliphatic rings. The van der Waals surface area contributed by atoms with E-state index in [1.54, 1.807) is 24.3 Å². The predicted molar refractivity (Wildman–Crippen MR) is 107 cm³/mol. The Morgan fingerprint density at radius 1 is 1.21 bits per heavy atom. The first-order valence-corrected chi connectivity index (χ1v) is 9.88. The molecule has 2 atom stereocenters. The van der Waals surface area contributed by atoms with Crippen LogP contribution in [0, 0.1) is 0 Å². The molecule has 1 aromatic rings. The van der Waals surface area contributed by atoms with Gasteiger partial charge in [-0.15, -0.1) is 0 Å². The Morgan fingerprint density at radius 2 is 1.93 bits per heavy atom. The van der Waals surface area contributed by atoms with E-state index in [0.29, 0.717) is 24.0 Å². The first-order valence-electron chi connectivity index (χ1n) is 9.88. The third-order valence-corrected chi connectivity index (χ3v) is 4.67. The van der Waals surface area contributed by atoms with Crippen molar-refractivity contribution >= 4 is 5.78 Å². The first-order chi connectivity index (χ1) is 13.1. The van der Waals surface area contributed by atoms with Gasteiger partial charge in [0.2, 0.25) is 0 Å². The molecule has 1 N–H and O–H groups in total. The number of rotatable bonds is 13. The fourth-order valence-electron chi connectivity index (χ4n) is 2.81. The van der Waals surface area contributed by atoms with Gasteiger partial charge in [0.15, 0.2) is 5.78 Å². The minimum atomic E-state index is -0.760. The zero-order chi connectivity index (χ0) is 20.8. The Balaban J connectivity index is 1.66. The molecule has 0 radical (unpaired) electrons. The third-order valence-electron chi connectivity index (χ3n) is 4.67. The van der Waals surface area contributed by atoms with Crippen LogP contribution in [-0.2, 0) is 14.2 Å². The highest BCUT2D eigenvalue weighted by Gasteiger charge is 2.32. The Bertz CT molecular complexity index is 636. The van der Waals surface area contributed by atoms with E-state index in [4.69, 9.17) is 18.9 Å². The summed E-state index contributed by atoms with van der Waals surface area (Å²) in [5.41, 5.74) is -0.0405. The van der Waals surface area contributed by atoms with E-state index in [1.807, 2.05) is 13.8 Å². The lowest BCUT2D eigenvalue weighted by Crippen LogP contribution is -2.35. The van der Waals surface area contributed by atoms with Gasteiger partial charge in [-0.05, 0) is 53.2 Å². The number of ether oxygens (including phenoxy) is 4. The fraction of sp³-hybridized carbons (Fsp3) is 0.682. The zero-order valence-electron chi connectivity index (χ0n) is 17.7. The van der Waals surface area contributed by atoms with Crippen molar-refractivity contribution < 1.29 is 28.8 Å². The maximum Gasteiger partial charge on any atom is 0.159 e. The smallest absolute Gasteiger partial charge is 0.159 e. The average Bonchev–Trinajstić information content (AvgIpc) is 3.41. The molecule has 0 aromatic heterocycles. The number of epoxide rings is 1. The summed E-state index contributed by atoms with van der Waals surface area (Å²) in [5.74, 6) is 0.535. The van der Waals surface area contributed by atoms with Crippen LogP contribution < -0.4 is 4.74 Å². The molecule has 1 heterocycles. The second kappa shape index (κ2) is 9.83. The van der Waals surface area contributed by atoms with E-state index >= 15 is 0 Å². The Kier molecular flexibility index (Phi) is 8.01. The number of carbonyl (C=O) groups excluding carboxylic acids is 1. The van der Waals surface area contributed by atoms with Crippen LogP contribution in [0.3, 0.4) is 0 Å². The number of benzene rings is 1. The Hall–Kier alpha value is -1.47. The number of Topliss-reactive ketones (excluding diaryl/α,β-unsaturated/α-hetero) is 1. The second-order valence-electron chi connectivity index (χ2n) is 8.64. The molecule has 0 saturated carbocycles. The maximum absolute atomic E-state index is 11.4. The van der Waals surface area contributed by atoms with Crippen LogP contribution >= 0.6 is 0 Å². The highest BCUT2D eigenvalue weighted by atomic mass is 16.6. The summed E-state index contributed by atoms with van der Waals surface area (Å²) in [6, 6.07) is 6.93. The number of ketones is 1. The average molecular weight is 395 g/mol. The predicted octanol–water partition coefficient (Wildman–Crippen LogP) is 3.40. The molecule has 0 spiro atoms. The molecule has 1 fully saturated rings. The molecule has 1 saturated heterocycles. The summed E-state index contributed by atoms with van der Waals surface area (Å²) in [6.07, 6.45) is 1.20. The van der Waals surface area contributed by atoms with Gasteiger partial charge >= 0.3 is 0 Å². The SMILES string of the molecule is CC(=O)c1cccc(OCC(O)COC(C)(C)CCOC(C)(C)CC2CO2)c1. The van der Waals surface area contributed by atoms with Crippen molar-refractivity contribution in [3.05, 3.63) is 29.8 Å². The fourth-order valence-corrected chi connectivity index (χ4v) is 2.81. The third kappa shape index (κ3) is 8.69. The van der Waals surface area contributed by atoms with Gasteiger partial charge in [-0.3, -0.25) is 4.79 Å². The summed E-state index contributed by atoms with van der Waals surface area (Å²) in [6.45, 7) is 11.3. The molecule has 0 bridgehead atoms. The second-order valence-corrected chi connectivity index (χ2v) is 8.64. The van der Waals surface area contributed by atoms with E-state index in [-0.39, 0.29) is 24.6 Å². The van der Waals surface area contributed by atoms with Gasteiger partial charge in [-0.1, -0.05) is 12.1 Å². The first kappa shape index (κ1) is 22.8. The zero-order valence-corrected chi connectivity index (χ0v) is 17.7. The standard InChI is InChI=1S/C22H34O6/c1-16(23)17-7-6-8-19(11-17)25-13-18(24)14-28-21(2,3)9-10-27-22(4,5)12-20-15-26-20/h6-8,11,18,20,24H,9-10,12-15H2,1-5H3. The van der Waals surface area contributed by atoms with Crippen molar-refractivity contribution in [2.75, 3.05) is 26.4 Å². The molecular formula is C22H34O6. The van der Waals surface area contributed by atoms with Crippen LogP contribution in [0.5, 0.6) is 5.75 Å². The van der Waals surface area contributed by atoms with Crippen molar-refractivity contribution in [3.8, 4) is 5.75 Å². The van der Waals surface area contributed by atoms with Gasteiger partial charge < -0.3 is 24.1 Å². The monoisotopic (exact) mass is 394 g/mol. The van der Waals surface area contributed by atoms with Crippen LogP contribution in [0.1, 0.15) is 57.8 Å². The number of aliphatic hydroxyl groups is 1. The summed E-state index contributed by atoms with van der Waals surface area (Å²) < 4.78 is 22.7. The molecular weight excluding hydrogens is 360 g/mol. The molecule has 1 aromatic carbocycles. The number of carbonyl (C=O) groups is 1. The highest BCUT2D eigenvalue weighted by molar-refractivity contribution is 5.94. The van der Waals surface area contributed by atoms with Crippen molar-refractivity contribution in [1.29, 1.82) is 0 Å². The van der Waals surface area contributed by atoms with Gasteiger partial charge in [0, 0.05) is 12.0 Å². The molecule has 28 heavy (non-hydrogen) atoms. The van der Waals surface area contributed by atoms with Crippen LogP contribution in [0.25, 0.3) is 0 Å². The highest BCUT2D eigenvalue weighted by Crippen LogP contribution is 2.26. The lowest BCUT2D eigenvalue weighted by molar-refractivity contribution is -0.0973. The van der Waals surface area contributed by atoms with E-state index in [9.17, 15) is 9.90 Å². The topological polar surface area (TPSA) is 77.5 Å². The molecule has 158 valence electrons. The van der Waals surface area contributed by atoms with E-state index < -0.39 is 11.7 Å². The summed E-state index contributed by atoms with van der Waals surface area (Å²) in [7, 11) is 0. The molecule has 0 aliphatic carbocycles.